The Morgan fingerprint density at radius 2 is 2.30 bits per heavy atom. The Morgan fingerprint density at radius 1 is 1.50 bits per heavy atom. The summed E-state index contributed by atoms with van der Waals surface area (Å²) in [4.78, 5) is 16.3. The van der Waals surface area contributed by atoms with Crippen molar-refractivity contribution in [3.05, 3.63) is 22.8 Å². The van der Waals surface area contributed by atoms with Gasteiger partial charge in [0.15, 0.2) is 0 Å². The first kappa shape index (κ1) is 15.1. The molecule has 1 aliphatic rings. The highest BCUT2D eigenvalue weighted by Crippen LogP contribution is 2.29. The number of halogens is 1. The molecule has 0 spiro atoms. The molecule has 1 fully saturated rings. The maximum absolute atomic E-state index is 12.1. The van der Waals surface area contributed by atoms with Gasteiger partial charge in [-0.15, -0.1) is 0 Å². The Kier molecular flexibility index (Phi) is 5.24. The topological polar surface area (TPSA) is 54.0 Å². The Hall–Kier alpha value is -1.29. The number of nitrogens with one attached hydrogen (secondary N) is 2. The monoisotopic (exact) mass is 295 g/mol. The number of aromatic nitrogens is 1. The Bertz CT molecular complexity index is 478. The van der Waals surface area contributed by atoms with E-state index in [0.717, 1.165) is 19.0 Å². The van der Waals surface area contributed by atoms with Crippen LogP contribution in [0.2, 0.25) is 5.02 Å². The zero-order valence-corrected chi connectivity index (χ0v) is 12.8. The first-order valence-electron chi connectivity index (χ1n) is 7.27. The average molecular weight is 296 g/mol. The van der Waals surface area contributed by atoms with Gasteiger partial charge in [-0.05, 0) is 37.7 Å². The summed E-state index contributed by atoms with van der Waals surface area (Å²) < 4.78 is 0. The van der Waals surface area contributed by atoms with Gasteiger partial charge in [-0.25, -0.2) is 4.98 Å². The fourth-order valence-electron chi connectivity index (χ4n) is 2.71. The fraction of sp³-hybridized carbons (Fsp3) is 0.600. The van der Waals surface area contributed by atoms with Crippen LogP contribution in [0.1, 0.15) is 43.5 Å². The number of anilines is 1. The van der Waals surface area contributed by atoms with Crippen LogP contribution in [0.25, 0.3) is 0 Å². The smallest absolute Gasteiger partial charge is 0.252 e. The van der Waals surface area contributed by atoms with Gasteiger partial charge < -0.3 is 10.6 Å². The highest BCUT2D eigenvalue weighted by molar-refractivity contribution is 6.33. The highest BCUT2D eigenvalue weighted by atomic mass is 35.5. The number of carbonyl (C=O) groups is 1. The van der Waals surface area contributed by atoms with Crippen LogP contribution in [-0.4, -0.2) is 24.0 Å². The quantitative estimate of drug-likeness (QED) is 0.876. The molecule has 1 saturated carbocycles. The minimum absolute atomic E-state index is 0.0954. The van der Waals surface area contributed by atoms with E-state index in [1.54, 1.807) is 12.3 Å². The van der Waals surface area contributed by atoms with E-state index in [0.29, 0.717) is 22.3 Å². The summed E-state index contributed by atoms with van der Waals surface area (Å²) in [5.41, 5.74) is 0.516. The lowest BCUT2D eigenvalue weighted by Crippen LogP contribution is -2.28. The van der Waals surface area contributed by atoms with Gasteiger partial charge in [0, 0.05) is 19.3 Å². The zero-order valence-electron chi connectivity index (χ0n) is 12.1. The van der Waals surface area contributed by atoms with Crippen LogP contribution in [0.3, 0.4) is 0 Å². The largest absolute Gasteiger partial charge is 0.369 e. The summed E-state index contributed by atoms with van der Waals surface area (Å²) in [5, 5.41) is 6.51. The van der Waals surface area contributed by atoms with Crippen molar-refractivity contribution in [1.82, 2.24) is 10.3 Å². The molecule has 2 atom stereocenters. The highest BCUT2D eigenvalue weighted by Gasteiger charge is 2.21. The third-order valence-corrected chi connectivity index (χ3v) is 4.09. The van der Waals surface area contributed by atoms with Crippen molar-refractivity contribution in [1.29, 1.82) is 0 Å². The van der Waals surface area contributed by atoms with Crippen molar-refractivity contribution in [2.24, 2.45) is 11.8 Å². The predicted molar refractivity (Wildman–Crippen MR) is 82.2 cm³/mol. The van der Waals surface area contributed by atoms with Crippen LogP contribution in [0.5, 0.6) is 0 Å². The second-order valence-corrected chi connectivity index (χ2v) is 5.99. The maximum atomic E-state index is 12.1. The molecular formula is C15H22ClN3O. The SMILES string of the molecule is CCNc1ncc(C(=O)NCC2CCC(C)C2)cc1Cl. The predicted octanol–water partition coefficient (Wildman–Crippen LogP) is 3.33. The van der Waals surface area contributed by atoms with Crippen molar-refractivity contribution >= 4 is 23.3 Å². The van der Waals surface area contributed by atoms with E-state index in [-0.39, 0.29) is 5.91 Å². The molecule has 2 rings (SSSR count). The molecule has 1 heterocycles. The number of nitrogens with zero attached hydrogens (tertiary/aromatic N) is 1. The fourth-order valence-corrected chi connectivity index (χ4v) is 2.94. The van der Waals surface area contributed by atoms with Crippen molar-refractivity contribution < 1.29 is 4.79 Å². The molecule has 2 unspecified atom stereocenters. The lowest BCUT2D eigenvalue weighted by atomic mass is 10.1. The van der Waals surface area contributed by atoms with E-state index >= 15 is 0 Å². The zero-order chi connectivity index (χ0) is 14.5. The van der Waals surface area contributed by atoms with E-state index in [1.165, 1.54) is 19.3 Å². The first-order valence-corrected chi connectivity index (χ1v) is 7.65. The van der Waals surface area contributed by atoms with E-state index in [2.05, 4.69) is 22.5 Å². The molecule has 2 N–H and O–H groups in total. The van der Waals surface area contributed by atoms with Gasteiger partial charge in [0.25, 0.3) is 5.91 Å². The molecule has 0 aromatic carbocycles. The number of amides is 1. The molecule has 20 heavy (non-hydrogen) atoms. The minimum Gasteiger partial charge on any atom is -0.369 e. The Labute approximate surface area is 125 Å². The number of pyridine rings is 1. The van der Waals surface area contributed by atoms with E-state index < -0.39 is 0 Å². The number of hydrogen-bond acceptors (Lipinski definition) is 3. The van der Waals surface area contributed by atoms with Crippen LogP contribution >= 0.6 is 11.6 Å². The van der Waals surface area contributed by atoms with Crippen LogP contribution in [0.15, 0.2) is 12.3 Å². The third-order valence-electron chi connectivity index (χ3n) is 3.80. The maximum Gasteiger partial charge on any atom is 0.252 e. The third kappa shape index (κ3) is 3.85. The summed E-state index contributed by atoms with van der Waals surface area (Å²) in [7, 11) is 0. The van der Waals surface area contributed by atoms with Gasteiger partial charge >= 0.3 is 0 Å². The molecule has 1 aromatic rings. The molecule has 1 aliphatic carbocycles. The van der Waals surface area contributed by atoms with E-state index in [1.807, 2.05) is 6.92 Å². The molecule has 1 amide bonds. The van der Waals surface area contributed by atoms with Crippen LogP contribution in [-0.2, 0) is 0 Å². The van der Waals surface area contributed by atoms with Gasteiger partial charge in [-0.1, -0.05) is 24.9 Å². The van der Waals surface area contributed by atoms with Crippen LogP contribution in [0, 0.1) is 11.8 Å². The van der Waals surface area contributed by atoms with Crippen LogP contribution in [0.4, 0.5) is 5.82 Å². The normalized spacial score (nSPS) is 21.8. The van der Waals surface area contributed by atoms with Crippen molar-refractivity contribution in [2.75, 3.05) is 18.4 Å². The van der Waals surface area contributed by atoms with Crippen LogP contribution < -0.4 is 10.6 Å². The van der Waals surface area contributed by atoms with Crippen molar-refractivity contribution in [2.45, 2.75) is 33.1 Å². The molecular weight excluding hydrogens is 274 g/mol. The second kappa shape index (κ2) is 6.93. The molecule has 0 bridgehead atoms. The molecule has 4 nitrogen and oxygen atoms in total. The van der Waals surface area contributed by atoms with Crippen molar-refractivity contribution in [3.63, 3.8) is 0 Å². The summed E-state index contributed by atoms with van der Waals surface area (Å²) in [5.74, 6) is 1.92. The summed E-state index contributed by atoms with van der Waals surface area (Å²) >= 11 is 6.09. The average Bonchev–Trinajstić information content (AvgIpc) is 2.84. The molecule has 110 valence electrons. The van der Waals surface area contributed by atoms with Gasteiger partial charge in [-0.2, -0.15) is 0 Å². The van der Waals surface area contributed by atoms with Gasteiger partial charge in [0.1, 0.15) is 5.82 Å². The summed E-state index contributed by atoms with van der Waals surface area (Å²) in [6.07, 6.45) is 5.25. The van der Waals surface area contributed by atoms with Gasteiger partial charge in [0.05, 0.1) is 10.6 Å². The Morgan fingerprint density at radius 3 is 2.90 bits per heavy atom. The minimum atomic E-state index is -0.0954. The van der Waals surface area contributed by atoms with Gasteiger partial charge in [0.2, 0.25) is 0 Å². The number of carbonyl (C=O) groups excluding carboxylic acids is 1. The molecule has 5 heteroatoms. The molecule has 1 aromatic heterocycles. The first-order chi connectivity index (χ1) is 9.60. The van der Waals surface area contributed by atoms with Gasteiger partial charge in [-0.3, -0.25) is 4.79 Å². The molecule has 0 saturated heterocycles. The number of rotatable bonds is 5. The number of hydrogen-bond donors (Lipinski definition) is 2. The van der Waals surface area contributed by atoms with E-state index in [4.69, 9.17) is 11.6 Å². The van der Waals surface area contributed by atoms with E-state index in [9.17, 15) is 4.79 Å². The molecule has 0 radical (unpaired) electrons. The van der Waals surface area contributed by atoms with Crippen molar-refractivity contribution in [3.8, 4) is 0 Å². The lowest BCUT2D eigenvalue weighted by Gasteiger charge is -2.12. The summed E-state index contributed by atoms with van der Waals surface area (Å²) in [6.45, 7) is 5.74. The second-order valence-electron chi connectivity index (χ2n) is 5.58. The Balaban J connectivity index is 1.90. The standard InChI is InChI=1S/C15H22ClN3O/c1-3-17-14-13(16)7-12(9-18-14)15(20)19-8-11-5-4-10(2)6-11/h7,9-11H,3-6,8H2,1-2H3,(H,17,18)(H,19,20). The lowest BCUT2D eigenvalue weighted by molar-refractivity contribution is 0.0947. The molecule has 0 aliphatic heterocycles. The summed E-state index contributed by atoms with van der Waals surface area (Å²) in [6, 6.07) is 1.67.